The largest absolute Gasteiger partial charge is 0.336 e. The predicted molar refractivity (Wildman–Crippen MR) is 105 cm³/mol. The summed E-state index contributed by atoms with van der Waals surface area (Å²) in [5, 5.41) is 9.93. The average Bonchev–Trinajstić information content (AvgIpc) is 2.69. The summed E-state index contributed by atoms with van der Waals surface area (Å²) in [7, 11) is 0. The average molecular weight is 362 g/mol. The number of hydrogen-bond donors (Lipinski definition) is 2. The van der Waals surface area contributed by atoms with Crippen LogP contribution in [-0.4, -0.2) is 22.4 Å². The number of carbonyl (C=O) groups is 1. The summed E-state index contributed by atoms with van der Waals surface area (Å²) in [6.45, 7) is 3.09. The molecule has 0 aliphatic carbocycles. The van der Waals surface area contributed by atoms with Crippen LogP contribution in [0.2, 0.25) is 0 Å². The Labute approximate surface area is 157 Å². The summed E-state index contributed by atoms with van der Waals surface area (Å²) in [4.78, 5) is 23.9. The van der Waals surface area contributed by atoms with Crippen molar-refractivity contribution >= 4 is 6.03 Å². The maximum atomic E-state index is 12.0. The minimum absolute atomic E-state index is 0.197. The van der Waals surface area contributed by atoms with Gasteiger partial charge in [0.15, 0.2) is 0 Å². The summed E-state index contributed by atoms with van der Waals surface area (Å²) in [5.41, 5.74) is 3.66. The lowest BCUT2D eigenvalue weighted by Gasteiger charge is -2.10. The van der Waals surface area contributed by atoms with E-state index in [9.17, 15) is 9.59 Å². The smallest absolute Gasteiger partial charge is 0.315 e. The van der Waals surface area contributed by atoms with Crippen LogP contribution in [0, 0.1) is 6.92 Å². The molecule has 6 nitrogen and oxygen atoms in total. The summed E-state index contributed by atoms with van der Waals surface area (Å²) < 4.78 is 1.37. The van der Waals surface area contributed by atoms with Crippen LogP contribution in [0.3, 0.4) is 0 Å². The molecule has 0 fully saturated rings. The molecule has 0 atom stereocenters. The molecule has 6 heteroatoms. The van der Waals surface area contributed by atoms with Crippen LogP contribution < -0.4 is 16.2 Å². The van der Waals surface area contributed by atoms with Crippen LogP contribution >= 0.6 is 0 Å². The third-order valence-corrected chi connectivity index (χ3v) is 4.12. The molecule has 2 aromatic carbocycles. The van der Waals surface area contributed by atoms with Crippen molar-refractivity contribution in [1.82, 2.24) is 20.4 Å². The Morgan fingerprint density at radius 3 is 2.44 bits per heavy atom. The first kappa shape index (κ1) is 18.4. The number of rotatable bonds is 6. The molecule has 0 aliphatic heterocycles. The third kappa shape index (κ3) is 5.28. The van der Waals surface area contributed by atoms with Crippen molar-refractivity contribution in [2.45, 2.75) is 20.0 Å². The number of aromatic nitrogens is 2. The van der Waals surface area contributed by atoms with Crippen LogP contribution in [0.25, 0.3) is 11.3 Å². The second-order valence-electron chi connectivity index (χ2n) is 6.24. The molecule has 1 heterocycles. The molecule has 0 bridgehead atoms. The Kier molecular flexibility index (Phi) is 5.99. The summed E-state index contributed by atoms with van der Waals surface area (Å²) >= 11 is 0. The normalized spacial score (nSPS) is 10.4. The van der Waals surface area contributed by atoms with Crippen molar-refractivity contribution in [1.29, 1.82) is 0 Å². The molecule has 0 saturated carbocycles. The van der Waals surface area contributed by atoms with Crippen LogP contribution in [-0.2, 0) is 13.1 Å². The fourth-order valence-electron chi connectivity index (χ4n) is 2.60. The number of urea groups is 1. The van der Waals surface area contributed by atoms with Crippen molar-refractivity contribution in [2.75, 3.05) is 6.54 Å². The second-order valence-corrected chi connectivity index (χ2v) is 6.24. The lowest BCUT2D eigenvalue weighted by molar-refractivity contribution is 0.240. The molecule has 2 N–H and O–H groups in total. The fourth-order valence-corrected chi connectivity index (χ4v) is 2.60. The Morgan fingerprint density at radius 2 is 1.70 bits per heavy atom. The van der Waals surface area contributed by atoms with E-state index in [1.54, 1.807) is 6.07 Å². The lowest BCUT2D eigenvalue weighted by Crippen LogP contribution is -2.38. The lowest BCUT2D eigenvalue weighted by atomic mass is 10.1. The van der Waals surface area contributed by atoms with E-state index < -0.39 is 0 Å². The van der Waals surface area contributed by atoms with Crippen molar-refractivity contribution in [3.8, 4) is 11.3 Å². The maximum Gasteiger partial charge on any atom is 0.315 e. The molecule has 2 amide bonds. The summed E-state index contributed by atoms with van der Waals surface area (Å²) in [6, 6.07) is 20.6. The standard InChI is InChI=1S/C21H22N4O2/c1-16-7-9-18(10-8-16)19-11-12-20(26)25(24-19)14-13-22-21(27)23-15-17-5-3-2-4-6-17/h2-12H,13-15H2,1H3,(H2,22,23,27). The quantitative estimate of drug-likeness (QED) is 0.708. The van der Waals surface area contributed by atoms with Gasteiger partial charge in [-0.05, 0) is 18.6 Å². The highest BCUT2D eigenvalue weighted by Gasteiger charge is 2.05. The Balaban J connectivity index is 1.54. The number of carbonyl (C=O) groups excluding carboxylic acids is 1. The number of aryl methyl sites for hydroxylation is 1. The molecular weight excluding hydrogens is 340 g/mol. The Morgan fingerprint density at radius 1 is 0.963 bits per heavy atom. The fraction of sp³-hybridized carbons (Fsp3) is 0.190. The molecule has 0 spiro atoms. The van der Waals surface area contributed by atoms with Gasteiger partial charge in [0.05, 0.1) is 12.2 Å². The molecule has 0 radical (unpaired) electrons. The Hall–Kier alpha value is -3.41. The van der Waals surface area contributed by atoms with Crippen LogP contribution in [0.5, 0.6) is 0 Å². The highest BCUT2D eigenvalue weighted by atomic mass is 16.2. The van der Waals surface area contributed by atoms with E-state index in [1.165, 1.54) is 10.7 Å². The van der Waals surface area contributed by atoms with E-state index >= 15 is 0 Å². The molecule has 27 heavy (non-hydrogen) atoms. The molecule has 138 valence electrons. The third-order valence-electron chi connectivity index (χ3n) is 4.12. The highest BCUT2D eigenvalue weighted by molar-refractivity contribution is 5.73. The van der Waals surface area contributed by atoms with Crippen molar-refractivity contribution in [3.63, 3.8) is 0 Å². The summed E-state index contributed by atoms with van der Waals surface area (Å²) in [6.07, 6.45) is 0. The van der Waals surface area contributed by atoms with E-state index in [-0.39, 0.29) is 11.6 Å². The second kappa shape index (κ2) is 8.80. The number of hydrogen-bond acceptors (Lipinski definition) is 3. The molecule has 3 rings (SSSR count). The first-order valence-corrected chi connectivity index (χ1v) is 8.83. The summed E-state index contributed by atoms with van der Waals surface area (Å²) in [5.74, 6) is 0. The van der Waals surface area contributed by atoms with Gasteiger partial charge in [-0.15, -0.1) is 0 Å². The number of nitrogens with one attached hydrogen (secondary N) is 2. The van der Waals surface area contributed by atoms with E-state index in [1.807, 2.05) is 61.5 Å². The zero-order chi connectivity index (χ0) is 19.1. The zero-order valence-corrected chi connectivity index (χ0v) is 15.2. The van der Waals surface area contributed by atoms with Crippen LogP contribution in [0.15, 0.2) is 71.5 Å². The van der Waals surface area contributed by atoms with Crippen molar-refractivity contribution in [2.24, 2.45) is 0 Å². The minimum Gasteiger partial charge on any atom is -0.336 e. The first-order chi connectivity index (χ1) is 13.1. The van der Waals surface area contributed by atoms with Gasteiger partial charge in [-0.3, -0.25) is 4.79 Å². The highest BCUT2D eigenvalue weighted by Crippen LogP contribution is 2.15. The van der Waals surface area contributed by atoms with Gasteiger partial charge < -0.3 is 10.6 Å². The van der Waals surface area contributed by atoms with Gasteiger partial charge in [-0.25, -0.2) is 9.48 Å². The monoisotopic (exact) mass is 362 g/mol. The molecule has 0 saturated heterocycles. The number of nitrogens with zero attached hydrogens (tertiary/aromatic N) is 2. The molecule has 1 aromatic heterocycles. The molecular formula is C21H22N4O2. The van der Waals surface area contributed by atoms with Gasteiger partial charge in [0.25, 0.3) is 5.56 Å². The van der Waals surface area contributed by atoms with E-state index in [2.05, 4.69) is 15.7 Å². The van der Waals surface area contributed by atoms with Crippen molar-refractivity contribution < 1.29 is 4.79 Å². The SMILES string of the molecule is Cc1ccc(-c2ccc(=O)n(CCNC(=O)NCc3ccccc3)n2)cc1. The Bertz CT molecular complexity index is 950. The van der Waals surface area contributed by atoms with Gasteiger partial charge in [0.2, 0.25) is 0 Å². The van der Waals surface area contributed by atoms with Gasteiger partial charge in [-0.1, -0.05) is 60.2 Å². The molecule has 0 unspecified atom stereocenters. The van der Waals surface area contributed by atoms with Gasteiger partial charge >= 0.3 is 6.03 Å². The zero-order valence-electron chi connectivity index (χ0n) is 15.2. The first-order valence-electron chi connectivity index (χ1n) is 8.83. The van der Waals surface area contributed by atoms with Crippen LogP contribution in [0.1, 0.15) is 11.1 Å². The van der Waals surface area contributed by atoms with Gasteiger partial charge in [-0.2, -0.15) is 5.10 Å². The molecule has 3 aromatic rings. The van der Waals surface area contributed by atoms with Crippen LogP contribution in [0.4, 0.5) is 4.79 Å². The maximum absolute atomic E-state index is 12.0. The number of benzene rings is 2. The van der Waals surface area contributed by atoms with E-state index in [4.69, 9.17) is 0 Å². The van der Waals surface area contributed by atoms with Gasteiger partial charge in [0, 0.05) is 24.7 Å². The van der Waals surface area contributed by atoms with E-state index in [0.717, 1.165) is 22.4 Å². The van der Waals surface area contributed by atoms with Gasteiger partial charge in [0.1, 0.15) is 0 Å². The number of amides is 2. The predicted octanol–water partition coefficient (Wildman–Crippen LogP) is 2.72. The molecule has 0 aliphatic rings. The van der Waals surface area contributed by atoms with E-state index in [0.29, 0.717) is 19.6 Å². The van der Waals surface area contributed by atoms with Crippen molar-refractivity contribution in [3.05, 3.63) is 88.2 Å². The minimum atomic E-state index is -0.276. The topological polar surface area (TPSA) is 76.0 Å².